The zero-order valence-electron chi connectivity index (χ0n) is 38.6. The minimum Gasteiger partial charge on any atom is -0.508 e. The van der Waals surface area contributed by atoms with Crippen LogP contribution in [-0.2, 0) is 18.9 Å². The predicted octanol–water partition coefficient (Wildman–Crippen LogP) is 11.4. The van der Waals surface area contributed by atoms with Crippen molar-refractivity contribution in [2.45, 2.75) is 27.7 Å². The summed E-state index contributed by atoms with van der Waals surface area (Å²) >= 11 is 0. The molecule has 0 atom stereocenters. The molecule has 70 heavy (non-hydrogen) atoms. The number of aromatic hydroxyl groups is 2. The Hall–Kier alpha value is -9.04. The summed E-state index contributed by atoms with van der Waals surface area (Å²) in [4.78, 5) is 71.5. The molecular weight excluding hydrogens is 889 g/mol. The third-order valence-electron chi connectivity index (χ3n) is 11.6. The van der Waals surface area contributed by atoms with Crippen LogP contribution in [0.3, 0.4) is 0 Å². The van der Waals surface area contributed by atoms with Crippen LogP contribution in [0.2, 0.25) is 0 Å². The summed E-state index contributed by atoms with van der Waals surface area (Å²) in [7, 11) is 0. The lowest BCUT2D eigenvalue weighted by Gasteiger charge is -2.11. The van der Waals surface area contributed by atoms with Crippen molar-refractivity contribution < 1.29 is 48.3 Å². The van der Waals surface area contributed by atoms with Gasteiger partial charge in [0.15, 0.2) is 0 Å². The number of ether oxygens (including phenoxy) is 4. The maximum absolute atomic E-state index is 13.4. The Balaban J connectivity index is 1.45. The molecule has 350 valence electrons. The number of hydrogen-bond donors (Lipinski definition) is 4. The smallest absolute Gasteiger partial charge is 0.338 e. The lowest BCUT2D eigenvalue weighted by atomic mass is 9.98. The number of fused-ring (bicyclic) bond motifs is 8. The zero-order chi connectivity index (χ0) is 49.1. The third kappa shape index (κ3) is 9.17. The van der Waals surface area contributed by atoms with Crippen LogP contribution in [-0.4, -0.2) is 80.5 Å². The van der Waals surface area contributed by atoms with Gasteiger partial charge in [0.05, 0.1) is 71.5 Å². The van der Waals surface area contributed by atoms with Crippen LogP contribution in [0.25, 0.3) is 90.9 Å². The SMILES string of the molecule is CCOC(=O)c1cc(C(=O)OCC)cc(-c2c3nc(c(-c4ccc(O)cc4)c4ccc([nH]4)c(-c4cc(C(=O)OCC)cc(C(=O)OCC)c4)c4nc(c(-c5ccc(O)cc5)c5ccc2[nH]5)C=C4)C=C3)c1. The van der Waals surface area contributed by atoms with Gasteiger partial charge in [-0.15, -0.1) is 0 Å². The summed E-state index contributed by atoms with van der Waals surface area (Å²) in [6.45, 7) is 7.25. The second-order valence-electron chi connectivity index (χ2n) is 16.1. The fourth-order valence-corrected chi connectivity index (χ4v) is 8.55. The van der Waals surface area contributed by atoms with Gasteiger partial charge in [-0.25, -0.2) is 29.1 Å². The highest BCUT2D eigenvalue weighted by atomic mass is 16.5. The van der Waals surface area contributed by atoms with Gasteiger partial charge in [-0.3, -0.25) is 0 Å². The molecule has 4 aromatic carbocycles. The normalized spacial score (nSPS) is 11.6. The van der Waals surface area contributed by atoms with Gasteiger partial charge >= 0.3 is 23.9 Å². The van der Waals surface area contributed by atoms with Crippen molar-refractivity contribution in [2.75, 3.05) is 26.4 Å². The number of benzene rings is 4. The second kappa shape index (κ2) is 19.7. The topological polar surface area (TPSA) is 203 Å². The Kier molecular flexibility index (Phi) is 12.9. The van der Waals surface area contributed by atoms with Crippen molar-refractivity contribution in [1.29, 1.82) is 0 Å². The van der Waals surface area contributed by atoms with E-state index in [1.165, 1.54) is 12.1 Å². The summed E-state index contributed by atoms with van der Waals surface area (Å²) in [6, 6.07) is 30.5. The molecular formula is C56H46N4O10. The Morgan fingerprint density at radius 2 is 0.643 bits per heavy atom. The van der Waals surface area contributed by atoms with Gasteiger partial charge in [-0.1, -0.05) is 24.3 Å². The average Bonchev–Trinajstić information content (AvgIpc) is 4.21. The first kappa shape index (κ1) is 46.1. The Bertz CT molecular complexity index is 3170. The van der Waals surface area contributed by atoms with E-state index in [4.69, 9.17) is 28.9 Å². The van der Waals surface area contributed by atoms with E-state index in [9.17, 15) is 29.4 Å². The largest absolute Gasteiger partial charge is 0.508 e. The first-order chi connectivity index (χ1) is 34.0. The van der Waals surface area contributed by atoms with Crippen LogP contribution in [0, 0.1) is 0 Å². The third-order valence-corrected chi connectivity index (χ3v) is 11.6. The minimum atomic E-state index is -0.625. The minimum absolute atomic E-state index is 0.0639. The van der Waals surface area contributed by atoms with Gasteiger partial charge in [0, 0.05) is 44.3 Å². The number of carbonyl (C=O) groups excluding carboxylic acids is 4. The van der Waals surface area contributed by atoms with Crippen LogP contribution >= 0.6 is 0 Å². The van der Waals surface area contributed by atoms with E-state index in [1.807, 2.05) is 48.6 Å². The van der Waals surface area contributed by atoms with Crippen molar-refractivity contribution in [3.05, 3.63) is 154 Å². The molecule has 0 radical (unpaired) electrons. The van der Waals surface area contributed by atoms with Crippen LogP contribution in [0.5, 0.6) is 11.5 Å². The molecule has 0 spiro atoms. The number of carbonyl (C=O) groups is 4. The lowest BCUT2D eigenvalue weighted by Crippen LogP contribution is -2.10. The number of nitrogens with zero attached hydrogens (tertiary/aromatic N) is 2. The molecule has 0 fully saturated rings. The van der Waals surface area contributed by atoms with Gasteiger partial charge in [0.25, 0.3) is 0 Å². The lowest BCUT2D eigenvalue weighted by molar-refractivity contribution is 0.0506. The number of phenolic OH excluding ortho intramolecular Hbond substituents is 2. The zero-order valence-corrected chi connectivity index (χ0v) is 38.6. The standard InChI is InChI=1S/C56H46N4O10/c1-5-67-53(63)35-25-33(26-36(29-35)54(64)68-6-2)51-45-21-17-41(57-45)49(31-9-13-39(61)14-10-31)43-19-23-47(59-43)52(34-27-37(55(65)69-7-3)30-38(28-34)56(66)70-8-4)48-24-20-44(60-48)50(42-18-22-46(51)58-42)32-11-15-40(62)16-12-32/h9-30,57,60-62H,5-8H2,1-4H3. The van der Waals surface area contributed by atoms with Crippen molar-refractivity contribution in [3.8, 4) is 56.0 Å². The van der Waals surface area contributed by atoms with E-state index in [0.717, 1.165) is 0 Å². The van der Waals surface area contributed by atoms with Crippen LogP contribution < -0.4 is 0 Å². The molecule has 9 rings (SSSR count). The van der Waals surface area contributed by atoms with Gasteiger partial charge in [-0.05, 0) is 159 Å². The van der Waals surface area contributed by atoms with Crippen molar-refractivity contribution in [3.63, 3.8) is 0 Å². The predicted molar refractivity (Wildman–Crippen MR) is 268 cm³/mol. The highest BCUT2D eigenvalue weighted by Crippen LogP contribution is 2.40. The summed E-state index contributed by atoms with van der Waals surface area (Å²) in [5, 5.41) is 20.8. The van der Waals surface area contributed by atoms with Gasteiger partial charge in [-0.2, -0.15) is 0 Å². The fraction of sp³-hybridized carbons (Fsp3) is 0.143. The van der Waals surface area contributed by atoms with E-state index in [2.05, 4.69) is 9.97 Å². The molecule has 2 aliphatic rings. The van der Waals surface area contributed by atoms with Gasteiger partial charge in [0.1, 0.15) is 11.5 Å². The molecule has 3 aromatic heterocycles. The molecule has 0 saturated carbocycles. The Morgan fingerprint density at radius 1 is 0.386 bits per heavy atom. The molecule has 14 nitrogen and oxygen atoms in total. The quantitative estimate of drug-likeness (QED) is 0.0668. The summed E-state index contributed by atoms with van der Waals surface area (Å²) in [5.41, 5.74) is 9.60. The molecule has 0 saturated heterocycles. The molecule has 8 bridgehead atoms. The number of hydrogen-bond acceptors (Lipinski definition) is 12. The molecule has 0 aliphatic carbocycles. The second-order valence-corrected chi connectivity index (χ2v) is 16.1. The average molecular weight is 935 g/mol. The summed E-state index contributed by atoms with van der Waals surface area (Å²) in [5.74, 6) is -2.37. The number of rotatable bonds is 12. The molecule has 2 aliphatic heterocycles. The number of H-pyrrole nitrogens is 2. The monoisotopic (exact) mass is 934 g/mol. The van der Waals surface area contributed by atoms with Gasteiger partial charge in [0.2, 0.25) is 0 Å². The summed E-state index contributed by atoms with van der Waals surface area (Å²) < 4.78 is 21.7. The van der Waals surface area contributed by atoms with E-state index >= 15 is 0 Å². The van der Waals surface area contributed by atoms with Crippen molar-refractivity contribution in [2.24, 2.45) is 0 Å². The number of phenols is 2. The van der Waals surface area contributed by atoms with Crippen LogP contribution in [0.15, 0.2) is 109 Å². The number of nitrogens with one attached hydrogen (secondary N) is 2. The first-order valence-corrected chi connectivity index (χ1v) is 22.7. The highest BCUT2D eigenvalue weighted by Gasteiger charge is 2.23. The molecule has 0 unspecified atom stereocenters. The Labute approximate surface area is 401 Å². The van der Waals surface area contributed by atoms with Crippen LogP contribution in [0.4, 0.5) is 0 Å². The van der Waals surface area contributed by atoms with Gasteiger partial charge < -0.3 is 39.1 Å². The molecule has 5 heterocycles. The van der Waals surface area contributed by atoms with E-state index in [-0.39, 0.29) is 60.2 Å². The Morgan fingerprint density at radius 3 is 0.900 bits per heavy atom. The molecule has 0 amide bonds. The van der Waals surface area contributed by atoms with Crippen molar-refractivity contribution >= 4 is 70.2 Å². The maximum atomic E-state index is 13.4. The maximum Gasteiger partial charge on any atom is 0.338 e. The van der Waals surface area contributed by atoms with E-state index in [0.29, 0.717) is 89.4 Å². The first-order valence-electron chi connectivity index (χ1n) is 22.7. The highest BCUT2D eigenvalue weighted by molar-refractivity contribution is 6.04. The molecule has 14 heteroatoms. The number of esters is 4. The van der Waals surface area contributed by atoms with E-state index < -0.39 is 23.9 Å². The summed E-state index contributed by atoms with van der Waals surface area (Å²) in [6.07, 6.45) is 7.41. The molecule has 4 N–H and O–H groups in total. The van der Waals surface area contributed by atoms with Crippen molar-refractivity contribution in [1.82, 2.24) is 19.9 Å². The molecule has 7 aromatic rings. The number of aromatic amines is 2. The van der Waals surface area contributed by atoms with Crippen LogP contribution in [0.1, 0.15) is 91.9 Å². The fourth-order valence-electron chi connectivity index (χ4n) is 8.55. The van der Waals surface area contributed by atoms with E-state index in [1.54, 1.807) is 100 Å². The number of aromatic nitrogens is 4.